The van der Waals surface area contributed by atoms with Crippen molar-refractivity contribution in [2.75, 3.05) is 6.54 Å². The van der Waals surface area contributed by atoms with Gasteiger partial charge in [0.05, 0.1) is 6.54 Å². The average molecular weight is 353 g/mol. The van der Waals surface area contributed by atoms with Crippen LogP contribution in [0.1, 0.15) is 17.5 Å². The summed E-state index contributed by atoms with van der Waals surface area (Å²) in [6, 6.07) is 17.5. The monoisotopic (exact) mass is 353 g/mol. The molecule has 6 nitrogen and oxygen atoms in total. The van der Waals surface area contributed by atoms with E-state index < -0.39 is 18.1 Å². The van der Waals surface area contributed by atoms with Crippen LogP contribution in [0.5, 0.6) is 0 Å². The molecule has 1 aliphatic heterocycles. The highest BCUT2D eigenvalue weighted by atomic mass is 16.6. The first-order valence-corrected chi connectivity index (χ1v) is 8.33. The second kappa shape index (κ2) is 8.29. The number of rotatable bonds is 5. The Morgan fingerprint density at radius 3 is 2.00 bits per heavy atom. The van der Waals surface area contributed by atoms with Gasteiger partial charge < -0.3 is 9.47 Å². The number of amides is 1. The highest BCUT2D eigenvalue weighted by Gasteiger charge is 2.40. The lowest BCUT2D eigenvalue weighted by molar-refractivity contribution is -0.150. The van der Waals surface area contributed by atoms with E-state index in [0.29, 0.717) is 0 Å². The Hall–Kier alpha value is -3.15. The van der Waals surface area contributed by atoms with Crippen LogP contribution in [-0.2, 0) is 32.3 Å². The Morgan fingerprint density at radius 1 is 0.885 bits per heavy atom. The molecule has 1 saturated heterocycles. The second-order valence-corrected chi connectivity index (χ2v) is 6.02. The van der Waals surface area contributed by atoms with Crippen LogP contribution >= 0.6 is 0 Å². The number of ether oxygens (including phenoxy) is 2. The molecule has 1 heterocycles. The van der Waals surface area contributed by atoms with Crippen LogP contribution in [0.2, 0.25) is 0 Å². The number of Topliss-reactive ketones (excluding diaryl/α,β-unsaturated/α-hetero) is 1. The van der Waals surface area contributed by atoms with Crippen molar-refractivity contribution < 1.29 is 23.9 Å². The smallest absolute Gasteiger partial charge is 0.411 e. The fourth-order valence-corrected chi connectivity index (χ4v) is 2.72. The van der Waals surface area contributed by atoms with Gasteiger partial charge in [0, 0.05) is 6.42 Å². The van der Waals surface area contributed by atoms with Crippen LogP contribution in [0, 0.1) is 0 Å². The minimum atomic E-state index is -0.936. The largest absolute Gasteiger partial charge is 0.459 e. The van der Waals surface area contributed by atoms with E-state index in [4.69, 9.17) is 9.47 Å². The summed E-state index contributed by atoms with van der Waals surface area (Å²) in [5.74, 6) is -0.792. The molecule has 1 atom stereocenters. The molecular weight excluding hydrogens is 334 g/mol. The summed E-state index contributed by atoms with van der Waals surface area (Å²) in [7, 11) is 0. The van der Waals surface area contributed by atoms with E-state index in [-0.39, 0.29) is 32.0 Å². The molecule has 3 rings (SSSR count). The molecule has 0 radical (unpaired) electrons. The molecule has 0 aromatic heterocycles. The molecule has 0 N–H and O–H groups in total. The molecule has 6 heteroatoms. The Kier molecular flexibility index (Phi) is 5.63. The number of ketones is 1. The minimum Gasteiger partial charge on any atom is -0.459 e. The van der Waals surface area contributed by atoms with Gasteiger partial charge in [-0.25, -0.2) is 9.59 Å². The van der Waals surface area contributed by atoms with E-state index in [9.17, 15) is 14.4 Å². The van der Waals surface area contributed by atoms with Gasteiger partial charge in [0.2, 0.25) is 0 Å². The van der Waals surface area contributed by atoms with Gasteiger partial charge in [-0.3, -0.25) is 9.69 Å². The van der Waals surface area contributed by atoms with Crippen LogP contribution in [0.4, 0.5) is 4.79 Å². The summed E-state index contributed by atoms with van der Waals surface area (Å²) in [4.78, 5) is 37.5. The summed E-state index contributed by atoms with van der Waals surface area (Å²) in [5.41, 5.74) is 1.66. The first-order valence-electron chi connectivity index (χ1n) is 8.33. The van der Waals surface area contributed by atoms with Crippen LogP contribution in [-0.4, -0.2) is 35.3 Å². The number of carbonyl (C=O) groups is 3. The molecule has 26 heavy (non-hydrogen) atoms. The SMILES string of the molecule is O=C1C[C@@H](C(=O)OCc2ccccc2)N(C(=O)OCc2ccccc2)C1. The van der Waals surface area contributed by atoms with E-state index in [2.05, 4.69) is 0 Å². The van der Waals surface area contributed by atoms with Crippen molar-refractivity contribution in [1.29, 1.82) is 0 Å². The number of esters is 1. The first-order chi connectivity index (χ1) is 12.6. The van der Waals surface area contributed by atoms with Gasteiger partial charge in [0.15, 0.2) is 5.78 Å². The van der Waals surface area contributed by atoms with Crippen molar-refractivity contribution in [3.63, 3.8) is 0 Å². The van der Waals surface area contributed by atoms with Gasteiger partial charge in [-0.1, -0.05) is 60.7 Å². The maximum Gasteiger partial charge on any atom is 0.411 e. The number of carbonyl (C=O) groups excluding carboxylic acids is 3. The normalized spacial score (nSPS) is 16.4. The lowest BCUT2D eigenvalue weighted by Crippen LogP contribution is -2.41. The molecule has 2 aromatic rings. The van der Waals surface area contributed by atoms with Crippen LogP contribution < -0.4 is 0 Å². The van der Waals surface area contributed by atoms with Crippen LogP contribution in [0.25, 0.3) is 0 Å². The number of likely N-dealkylation sites (tertiary alicyclic amines) is 1. The summed E-state index contributed by atoms with van der Waals surface area (Å²) >= 11 is 0. The van der Waals surface area contributed by atoms with Gasteiger partial charge in [0.25, 0.3) is 0 Å². The third-order valence-corrected chi connectivity index (χ3v) is 4.08. The van der Waals surface area contributed by atoms with E-state index in [1.54, 1.807) is 0 Å². The zero-order valence-electron chi connectivity index (χ0n) is 14.2. The third-order valence-electron chi connectivity index (χ3n) is 4.08. The molecule has 0 spiro atoms. The Balaban J connectivity index is 1.57. The Labute approximate surface area is 151 Å². The van der Waals surface area contributed by atoms with Crippen molar-refractivity contribution >= 4 is 17.8 Å². The first kappa shape index (κ1) is 17.7. The maximum atomic E-state index is 12.3. The summed E-state index contributed by atoms with van der Waals surface area (Å²) in [5, 5.41) is 0. The van der Waals surface area contributed by atoms with Crippen LogP contribution in [0.3, 0.4) is 0 Å². The van der Waals surface area contributed by atoms with Crippen molar-refractivity contribution in [1.82, 2.24) is 4.90 Å². The van der Waals surface area contributed by atoms with Gasteiger partial charge >= 0.3 is 12.1 Å². The Bertz CT molecular complexity index is 710. The Morgan fingerprint density at radius 2 is 1.42 bits per heavy atom. The van der Waals surface area contributed by atoms with Crippen molar-refractivity contribution in [2.24, 2.45) is 0 Å². The standard InChI is InChI=1S/C20H19NO5/c22-17-11-18(19(23)25-13-15-7-3-1-4-8-15)21(12-17)20(24)26-14-16-9-5-2-6-10-16/h1-10,18H,11-14H2/t18-/m0/s1. The van der Waals surface area contributed by atoms with E-state index in [1.165, 1.54) is 0 Å². The van der Waals surface area contributed by atoms with E-state index >= 15 is 0 Å². The van der Waals surface area contributed by atoms with E-state index in [1.807, 2.05) is 60.7 Å². The molecule has 134 valence electrons. The molecule has 1 amide bonds. The van der Waals surface area contributed by atoms with Gasteiger partial charge in [-0.05, 0) is 11.1 Å². The quantitative estimate of drug-likeness (QED) is 0.773. The highest BCUT2D eigenvalue weighted by Crippen LogP contribution is 2.18. The van der Waals surface area contributed by atoms with Crippen molar-refractivity contribution in [3.05, 3.63) is 71.8 Å². The maximum absolute atomic E-state index is 12.3. The number of nitrogens with zero attached hydrogens (tertiary/aromatic N) is 1. The predicted octanol–water partition coefficient (Wildman–Crippen LogP) is 2.71. The molecular formula is C20H19NO5. The van der Waals surface area contributed by atoms with Crippen LogP contribution in [0.15, 0.2) is 60.7 Å². The highest BCUT2D eigenvalue weighted by molar-refractivity contribution is 5.95. The minimum absolute atomic E-state index is 0.0476. The molecule has 0 aliphatic carbocycles. The molecule has 0 unspecified atom stereocenters. The van der Waals surface area contributed by atoms with E-state index in [0.717, 1.165) is 16.0 Å². The molecule has 2 aromatic carbocycles. The number of hydrogen-bond donors (Lipinski definition) is 0. The zero-order valence-corrected chi connectivity index (χ0v) is 14.2. The number of hydrogen-bond acceptors (Lipinski definition) is 5. The summed E-state index contributed by atoms with van der Waals surface area (Å²) in [6.45, 7) is 0.0339. The summed E-state index contributed by atoms with van der Waals surface area (Å²) < 4.78 is 10.5. The molecule has 0 saturated carbocycles. The zero-order chi connectivity index (χ0) is 18.4. The second-order valence-electron chi connectivity index (χ2n) is 6.02. The fraction of sp³-hybridized carbons (Fsp3) is 0.250. The summed E-state index contributed by atoms with van der Waals surface area (Å²) in [6.07, 6.45) is -0.741. The third kappa shape index (κ3) is 4.47. The average Bonchev–Trinajstić information content (AvgIpc) is 3.08. The molecule has 0 bridgehead atoms. The lowest BCUT2D eigenvalue weighted by Gasteiger charge is -2.21. The lowest BCUT2D eigenvalue weighted by atomic mass is 10.2. The number of benzene rings is 2. The fourth-order valence-electron chi connectivity index (χ4n) is 2.72. The van der Waals surface area contributed by atoms with Gasteiger partial charge in [-0.2, -0.15) is 0 Å². The predicted molar refractivity (Wildman–Crippen MR) is 93.0 cm³/mol. The van der Waals surface area contributed by atoms with Crippen molar-refractivity contribution in [2.45, 2.75) is 25.7 Å². The van der Waals surface area contributed by atoms with Gasteiger partial charge in [0.1, 0.15) is 19.3 Å². The molecule has 1 fully saturated rings. The van der Waals surface area contributed by atoms with Gasteiger partial charge in [-0.15, -0.1) is 0 Å². The molecule has 1 aliphatic rings. The topological polar surface area (TPSA) is 72.9 Å². The van der Waals surface area contributed by atoms with Crippen molar-refractivity contribution in [3.8, 4) is 0 Å².